The van der Waals surface area contributed by atoms with Crippen molar-refractivity contribution in [1.29, 1.82) is 5.26 Å². The predicted molar refractivity (Wildman–Crippen MR) is 19.0 cm³/mol. The second-order valence-corrected chi connectivity index (χ2v) is 0.717. The van der Waals surface area contributed by atoms with Gasteiger partial charge in [0.05, 0.1) is 5.03 Å². The van der Waals surface area contributed by atoms with Crippen molar-refractivity contribution >= 4 is 0 Å². The van der Waals surface area contributed by atoms with Gasteiger partial charge in [-0.05, 0) is 0 Å². The number of hydrogen-bond donors (Lipinski definition) is 0. The molecule has 0 bridgehead atoms. The highest BCUT2D eigenvalue weighted by molar-refractivity contribution is 4.55. The van der Waals surface area contributed by atoms with E-state index in [0.717, 1.165) is 6.19 Å². The first-order valence-corrected chi connectivity index (χ1v) is 1.41. The van der Waals surface area contributed by atoms with Crippen LogP contribution in [0.1, 0.15) is 0 Å². The Bertz CT molecular complexity index is 145. The van der Waals surface area contributed by atoms with E-state index < -0.39 is 5.03 Å². The first kappa shape index (κ1) is 6.29. The minimum atomic E-state index is -1.17. The van der Waals surface area contributed by atoms with Crippen LogP contribution < -0.4 is 5.53 Å². The van der Waals surface area contributed by atoms with Gasteiger partial charge in [0.25, 0.3) is 6.19 Å². The molecule has 0 heterocycles. The minimum Gasteiger partial charge on any atom is -0.338 e. The quantitative estimate of drug-likeness (QED) is 0.153. The average molecular weight is 114 g/mol. The van der Waals surface area contributed by atoms with Crippen molar-refractivity contribution in [3.8, 4) is 6.19 Å². The lowest BCUT2D eigenvalue weighted by Gasteiger charge is -1.90. The van der Waals surface area contributed by atoms with E-state index in [1.165, 1.54) is 0 Å². The van der Waals surface area contributed by atoms with Gasteiger partial charge in [-0.2, -0.15) is 5.26 Å². The molecule has 0 fully saturated rings. The zero-order valence-electron chi connectivity index (χ0n) is 3.55. The van der Waals surface area contributed by atoms with E-state index in [0.29, 0.717) is 0 Å². The maximum absolute atomic E-state index is 9.42. The van der Waals surface area contributed by atoms with Crippen LogP contribution in [0, 0.1) is 21.6 Å². The first-order valence-electron chi connectivity index (χ1n) is 1.41. The van der Waals surface area contributed by atoms with Crippen LogP contribution in [0.2, 0.25) is 0 Å². The predicted octanol–water partition coefficient (Wildman–Crippen LogP) is -0.872. The Hall–Kier alpha value is -1.71. The Labute approximate surface area is 43.7 Å². The van der Waals surface area contributed by atoms with Crippen LogP contribution in [-0.2, 0) is 0 Å². The third-order valence-electron chi connectivity index (χ3n) is 0.329. The van der Waals surface area contributed by atoms with Gasteiger partial charge >= 0.3 is 0 Å². The molecule has 0 amide bonds. The van der Waals surface area contributed by atoms with Crippen molar-refractivity contribution in [3.63, 3.8) is 0 Å². The second-order valence-electron chi connectivity index (χ2n) is 0.717. The topological polar surface area (TPSA) is 105 Å². The number of hydrazine groups is 1. The minimum absolute atomic E-state index is 0.375. The van der Waals surface area contributed by atoms with Crippen molar-refractivity contribution in [2.45, 2.75) is 0 Å². The molecule has 0 saturated carbocycles. The summed E-state index contributed by atoms with van der Waals surface area (Å²) in [6, 6.07) is 0. The molecule has 0 spiro atoms. The fourth-order valence-electron chi connectivity index (χ4n) is 0.0892. The van der Waals surface area contributed by atoms with Gasteiger partial charge in [-0.15, -0.1) is 0 Å². The molecule has 7 nitrogen and oxygen atoms in total. The van der Waals surface area contributed by atoms with E-state index in [2.05, 4.69) is 0 Å². The zero-order chi connectivity index (χ0) is 6.57. The number of nitro groups is 1. The molecule has 0 aliphatic rings. The molecule has 0 saturated heterocycles. The van der Waals surface area contributed by atoms with Gasteiger partial charge in [-0.3, -0.25) is 0 Å². The van der Waals surface area contributed by atoms with Crippen LogP contribution in [0.4, 0.5) is 0 Å². The summed E-state index contributed by atoms with van der Waals surface area (Å²) >= 11 is 0. The van der Waals surface area contributed by atoms with Crippen molar-refractivity contribution in [1.82, 2.24) is 10.6 Å². The summed E-state index contributed by atoms with van der Waals surface area (Å²) in [5, 5.41) is 17.5. The SMILES string of the molecule is [N]=NN(C#N)[N+](=O)[O-]. The van der Waals surface area contributed by atoms with Crippen LogP contribution in [-0.4, -0.2) is 10.2 Å². The molecule has 0 aromatic carbocycles. The van der Waals surface area contributed by atoms with Crippen LogP contribution in [0.5, 0.6) is 0 Å². The summed E-state index contributed by atoms with van der Waals surface area (Å²) in [6.07, 6.45) is 0.969. The van der Waals surface area contributed by atoms with E-state index in [-0.39, 0.29) is 5.12 Å². The van der Waals surface area contributed by atoms with E-state index in [1.54, 1.807) is 0 Å². The molecular weight excluding hydrogens is 114 g/mol. The third kappa shape index (κ3) is 1.17. The van der Waals surface area contributed by atoms with E-state index in [9.17, 15) is 10.1 Å². The van der Waals surface area contributed by atoms with Crippen molar-refractivity contribution in [2.75, 3.05) is 0 Å². The molecule has 0 aliphatic carbocycles. The van der Waals surface area contributed by atoms with Gasteiger partial charge in [-0.25, -0.2) is 0 Å². The maximum atomic E-state index is 9.42. The summed E-state index contributed by atoms with van der Waals surface area (Å²) in [4.78, 5) is 9.42. The normalized spacial score (nSPS) is 6.88. The Morgan fingerprint density at radius 3 is 2.38 bits per heavy atom. The molecule has 0 atom stereocenters. The molecular formula is CN5O2. The maximum Gasteiger partial charge on any atom is 0.276 e. The Morgan fingerprint density at radius 1 is 1.88 bits per heavy atom. The summed E-state index contributed by atoms with van der Waals surface area (Å²) < 4.78 is 0. The Kier molecular flexibility index (Phi) is 1.93. The number of rotatable bonds is 2. The van der Waals surface area contributed by atoms with Gasteiger partial charge < -0.3 is 10.1 Å². The van der Waals surface area contributed by atoms with E-state index >= 15 is 0 Å². The molecule has 0 aliphatic heterocycles. The monoisotopic (exact) mass is 114 g/mol. The highest BCUT2D eigenvalue weighted by Crippen LogP contribution is 1.80. The largest absolute Gasteiger partial charge is 0.338 e. The molecule has 0 aromatic heterocycles. The van der Waals surface area contributed by atoms with Crippen LogP contribution >= 0.6 is 0 Å². The fraction of sp³-hybridized carbons (Fsp3) is 0. The van der Waals surface area contributed by atoms with Crippen molar-refractivity contribution in [3.05, 3.63) is 10.1 Å². The van der Waals surface area contributed by atoms with Gasteiger partial charge in [0.15, 0.2) is 0 Å². The van der Waals surface area contributed by atoms with E-state index in [1.807, 2.05) is 5.22 Å². The first-order chi connectivity index (χ1) is 3.72. The Balaban J connectivity index is 3.95. The van der Waals surface area contributed by atoms with Crippen LogP contribution in [0.25, 0.3) is 0 Å². The highest BCUT2D eigenvalue weighted by Gasteiger charge is 2.08. The van der Waals surface area contributed by atoms with Crippen LogP contribution in [0.3, 0.4) is 0 Å². The molecule has 1 radical (unpaired) electrons. The van der Waals surface area contributed by atoms with Crippen LogP contribution in [0.15, 0.2) is 5.22 Å². The number of nitriles is 1. The molecule has 7 heteroatoms. The van der Waals surface area contributed by atoms with Gasteiger partial charge in [0.2, 0.25) is 5.22 Å². The van der Waals surface area contributed by atoms with Crippen molar-refractivity contribution < 1.29 is 5.03 Å². The zero-order valence-corrected chi connectivity index (χ0v) is 3.55. The number of nitrogens with zero attached hydrogens (tertiary/aromatic N) is 5. The van der Waals surface area contributed by atoms with Gasteiger partial charge in [0, 0.05) is 0 Å². The van der Waals surface area contributed by atoms with Crippen molar-refractivity contribution in [2.24, 2.45) is 5.22 Å². The standard InChI is InChI=1S/CN5O2/c2-1-5(4-3)6(7)8. The number of hydrogen-bond acceptors (Lipinski definition) is 4. The lowest BCUT2D eigenvalue weighted by molar-refractivity contribution is -0.639. The molecule has 8 heavy (non-hydrogen) atoms. The third-order valence-corrected chi connectivity index (χ3v) is 0.329. The lowest BCUT2D eigenvalue weighted by atomic mass is 11.3. The Morgan fingerprint density at radius 2 is 2.38 bits per heavy atom. The second kappa shape index (κ2) is 2.46. The smallest absolute Gasteiger partial charge is 0.276 e. The van der Waals surface area contributed by atoms with Gasteiger partial charge in [0.1, 0.15) is 10.6 Å². The van der Waals surface area contributed by atoms with E-state index in [4.69, 9.17) is 10.8 Å². The van der Waals surface area contributed by atoms with Gasteiger partial charge in [-0.1, -0.05) is 0 Å². The lowest BCUT2D eigenvalue weighted by Crippen LogP contribution is -2.17. The molecule has 0 aromatic rings. The molecule has 41 valence electrons. The molecule has 0 rings (SSSR count). The summed E-state index contributed by atoms with van der Waals surface area (Å²) in [5.41, 5.74) is 7.58. The summed E-state index contributed by atoms with van der Waals surface area (Å²) in [6.45, 7) is 0. The highest BCUT2D eigenvalue weighted by atomic mass is 16.7. The summed E-state index contributed by atoms with van der Waals surface area (Å²) in [5.74, 6) is 0. The fourth-order valence-corrected chi connectivity index (χ4v) is 0.0892. The summed E-state index contributed by atoms with van der Waals surface area (Å²) in [7, 11) is 0. The molecule has 0 unspecified atom stereocenters. The molecule has 0 N–H and O–H groups in total. The average Bonchev–Trinajstić information content (AvgIpc) is 1.69.